The standard InChI is InChI=1S/C30H51O/c1-19(2)20-11-14-27(5)17-18-29(7)21(25(20)27)9-10-23-28(6)15-13-24(31)26(3,4)22(28)12-16-30(23,29)8/h20-25,31H,9-18H2,1-8H3/q+1/t20-,21+,22-,23+,24-,25+,27+,28-,29+,30+/m0/s1. The number of fused-ring (bicyclic) bond motifs is 7. The highest BCUT2D eigenvalue weighted by molar-refractivity contribution is 5.20. The maximum atomic E-state index is 10.9. The summed E-state index contributed by atoms with van der Waals surface area (Å²) in [6.07, 6.45) is 13.6. The minimum Gasteiger partial charge on any atom is -0.393 e. The van der Waals surface area contributed by atoms with Gasteiger partial charge >= 0.3 is 0 Å². The molecule has 0 aromatic carbocycles. The fourth-order valence-electron chi connectivity index (χ4n) is 11.6. The van der Waals surface area contributed by atoms with Crippen LogP contribution in [-0.4, -0.2) is 11.2 Å². The zero-order valence-corrected chi connectivity index (χ0v) is 22.0. The van der Waals surface area contributed by atoms with Crippen LogP contribution in [0.15, 0.2) is 0 Å². The Labute approximate surface area is 193 Å². The van der Waals surface area contributed by atoms with Gasteiger partial charge in [0.1, 0.15) is 5.92 Å². The van der Waals surface area contributed by atoms with Gasteiger partial charge in [-0.1, -0.05) is 41.5 Å². The van der Waals surface area contributed by atoms with Gasteiger partial charge in [-0.15, -0.1) is 0 Å². The van der Waals surface area contributed by atoms with E-state index in [0.29, 0.717) is 27.6 Å². The van der Waals surface area contributed by atoms with E-state index in [-0.39, 0.29) is 11.5 Å². The van der Waals surface area contributed by atoms with Crippen molar-refractivity contribution in [2.75, 3.05) is 0 Å². The molecule has 176 valence electrons. The third-order valence-electron chi connectivity index (χ3n) is 13.6. The fourth-order valence-corrected chi connectivity index (χ4v) is 11.6. The molecule has 5 aliphatic carbocycles. The van der Waals surface area contributed by atoms with Gasteiger partial charge in [-0.05, 0) is 109 Å². The zero-order valence-electron chi connectivity index (χ0n) is 22.0. The largest absolute Gasteiger partial charge is 0.393 e. The average Bonchev–Trinajstić information content (AvgIpc) is 3.04. The van der Waals surface area contributed by atoms with Gasteiger partial charge in [0.15, 0.2) is 0 Å². The monoisotopic (exact) mass is 427 g/mol. The highest BCUT2D eigenvalue weighted by Gasteiger charge is 2.71. The smallest absolute Gasteiger partial charge is 0.103 e. The molecule has 31 heavy (non-hydrogen) atoms. The van der Waals surface area contributed by atoms with Crippen LogP contribution < -0.4 is 0 Å². The summed E-state index contributed by atoms with van der Waals surface area (Å²) in [5.74, 6) is 5.93. The average molecular weight is 428 g/mol. The van der Waals surface area contributed by atoms with Gasteiger partial charge in [0.2, 0.25) is 0 Å². The zero-order chi connectivity index (χ0) is 22.6. The Balaban J connectivity index is 1.54. The summed E-state index contributed by atoms with van der Waals surface area (Å²) in [4.78, 5) is 0. The Kier molecular flexibility index (Phi) is 4.89. The lowest BCUT2D eigenvalue weighted by molar-refractivity contribution is -0.246. The number of rotatable bonds is 1. The summed E-state index contributed by atoms with van der Waals surface area (Å²) in [7, 11) is 0. The van der Waals surface area contributed by atoms with Gasteiger partial charge in [-0.25, -0.2) is 0 Å². The Morgan fingerprint density at radius 2 is 1.39 bits per heavy atom. The molecule has 0 bridgehead atoms. The Hall–Kier alpha value is -0.170. The first kappa shape index (κ1) is 22.6. The van der Waals surface area contributed by atoms with E-state index in [9.17, 15) is 5.11 Å². The van der Waals surface area contributed by atoms with Crippen LogP contribution in [-0.2, 0) is 0 Å². The molecule has 0 aromatic heterocycles. The van der Waals surface area contributed by atoms with E-state index in [1.54, 1.807) is 5.92 Å². The Bertz CT molecular complexity index is 724. The molecule has 1 heteroatoms. The van der Waals surface area contributed by atoms with Crippen molar-refractivity contribution < 1.29 is 5.11 Å². The molecule has 0 radical (unpaired) electrons. The molecule has 0 heterocycles. The number of hydrogen-bond acceptors (Lipinski definition) is 1. The molecule has 5 fully saturated rings. The van der Waals surface area contributed by atoms with E-state index >= 15 is 0 Å². The Morgan fingerprint density at radius 1 is 0.677 bits per heavy atom. The lowest BCUT2D eigenvalue weighted by atomic mass is 9.32. The molecule has 10 atom stereocenters. The summed E-state index contributed by atoms with van der Waals surface area (Å²) in [6.45, 7) is 20.4. The molecule has 0 aliphatic heterocycles. The van der Waals surface area contributed by atoms with Crippen LogP contribution in [0.1, 0.15) is 120 Å². The highest BCUT2D eigenvalue weighted by atomic mass is 16.3. The summed E-state index contributed by atoms with van der Waals surface area (Å²) in [5, 5.41) is 10.9. The van der Waals surface area contributed by atoms with Crippen molar-refractivity contribution in [3.63, 3.8) is 0 Å². The SMILES string of the molecule is C[C+](C)[C@@H]1CC[C@]2(C)CC[C@]3(C)[C@H](CC[C@@H]4[C@@]5(C)CC[C@H](O)C(C)(C)[C@@H]5CC[C@]43C)[C@@H]12. The van der Waals surface area contributed by atoms with Crippen molar-refractivity contribution in [2.45, 2.75) is 126 Å². The van der Waals surface area contributed by atoms with Crippen molar-refractivity contribution >= 4 is 0 Å². The van der Waals surface area contributed by atoms with Crippen LogP contribution in [0.2, 0.25) is 0 Å². The lowest BCUT2D eigenvalue weighted by Gasteiger charge is -2.72. The molecule has 1 N–H and O–H groups in total. The second-order valence-electron chi connectivity index (χ2n) is 14.9. The molecule has 0 saturated heterocycles. The molecule has 5 saturated carbocycles. The van der Waals surface area contributed by atoms with E-state index in [1.807, 2.05) is 0 Å². The molecule has 5 aliphatic rings. The number of hydrogen-bond donors (Lipinski definition) is 1. The normalized spacial score (nSPS) is 58.0. The molecule has 0 unspecified atom stereocenters. The van der Waals surface area contributed by atoms with Crippen LogP contribution in [0.25, 0.3) is 0 Å². The van der Waals surface area contributed by atoms with Gasteiger partial charge < -0.3 is 5.11 Å². The second-order valence-corrected chi connectivity index (χ2v) is 14.9. The fraction of sp³-hybridized carbons (Fsp3) is 0.967. The van der Waals surface area contributed by atoms with E-state index in [1.165, 1.54) is 57.8 Å². The summed E-state index contributed by atoms with van der Waals surface area (Å²) in [5.41, 5.74) is 2.03. The van der Waals surface area contributed by atoms with Crippen LogP contribution in [0.3, 0.4) is 0 Å². The van der Waals surface area contributed by atoms with Crippen molar-refractivity contribution in [3.05, 3.63) is 5.92 Å². The van der Waals surface area contributed by atoms with Crippen LogP contribution in [0.5, 0.6) is 0 Å². The molecule has 0 amide bonds. The summed E-state index contributed by atoms with van der Waals surface area (Å²) < 4.78 is 0. The van der Waals surface area contributed by atoms with Gasteiger partial charge in [-0.3, -0.25) is 0 Å². The van der Waals surface area contributed by atoms with Gasteiger partial charge in [0.05, 0.1) is 25.9 Å². The van der Waals surface area contributed by atoms with Crippen molar-refractivity contribution in [1.82, 2.24) is 0 Å². The van der Waals surface area contributed by atoms with Crippen molar-refractivity contribution in [1.29, 1.82) is 0 Å². The molecule has 0 aromatic rings. The molecular formula is C30H51O+. The predicted molar refractivity (Wildman–Crippen MR) is 130 cm³/mol. The minimum absolute atomic E-state index is 0.0715. The first-order chi connectivity index (χ1) is 14.3. The van der Waals surface area contributed by atoms with Crippen LogP contribution in [0, 0.1) is 62.6 Å². The molecule has 5 rings (SSSR count). The minimum atomic E-state index is -0.112. The molecular weight excluding hydrogens is 376 g/mol. The van der Waals surface area contributed by atoms with Crippen molar-refractivity contribution in [2.24, 2.45) is 56.7 Å². The number of aliphatic hydroxyl groups is 1. The third kappa shape index (κ3) is 2.68. The highest BCUT2D eigenvalue weighted by Crippen LogP contribution is 2.77. The first-order valence-electron chi connectivity index (χ1n) is 13.8. The van der Waals surface area contributed by atoms with E-state index < -0.39 is 0 Å². The molecule has 0 spiro atoms. The first-order valence-corrected chi connectivity index (χ1v) is 13.8. The predicted octanol–water partition coefficient (Wildman–Crippen LogP) is 8.06. The van der Waals surface area contributed by atoms with Gasteiger partial charge in [0, 0.05) is 5.92 Å². The second kappa shape index (κ2) is 6.70. The summed E-state index contributed by atoms with van der Waals surface area (Å²) in [6, 6.07) is 0. The van der Waals surface area contributed by atoms with Crippen LogP contribution in [0.4, 0.5) is 0 Å². The van der Waals surface area contributed by atoms with Crippen molar-refractivity contribution in [3.8, 4) is 0 Å². The third-order valence-corrected chi connectivity index (χ3v) is 13.6. The quantitative estimate of drug-likeness (QED) is 0.419. The van der Waals surface area contributed by atoms with E-state index in [4.69, 9.17) is 0 Å². The van der Waals surface area contributed by atoms with Gasteiger partial charge in [-0.2, -0.15) is 0 Å². The number of aliphatic hydroxyl groups excluding tert-OH is 1. The van der Waals surface area contributed by atoms with E-state index in [2.05, 4.69) is 55.4 Å². The van der Waals surface area contributed by atoms with E-state index in [0.717, 1.165) is 30.1 Å². The summed E-state index contributed by atoms with van der Waals surface area (Å²) >= 11 is 0. The topological polar surface area (TPSA) is 20.2 Å². The maximum absolute atomic E-state index is 10.9. The lowest BCUT2D eigenvalue weighted by Crippen LogP contribution is -2.66. The van der Waals surface area contributed by atoms with Crippen LogP contribution >= 0.6 is 0 Å². The maximum Gasteiger partial charge on any atom is 0.103 e. The van der Waals surface area contributed by atoms with Gasteiger partial charge in [0.25, 0.3) is 0 Å². The molecule has 1 nitrogen and oxygen atoms in total. The Morgan fingerprint density at radius 3 is 2.06 bits per heavy atom.